The summed E-state index contributed by atoms with van der Waals surface area (Å²) >= 11 is 0. The number of H-pyrrole nitrogens is 1. The average Bonchev–Trinajstić information content (AvgIpc) is 3.16. The number of aromatic nitrogens is 2. The molecule has 2 aliphatic rings. The number of amides is 1. The van der Waals surface area contributed by atoms with Gasteiger partial charge in [-0.15, -0.1) is 0 Å². The smallest absolute Gasteiger partial charge is 0.272 e. The molecule has 1 aromatic carbocycles. The van der Waals surface area contributed by atoms with Crippen LogP contribution >= 0.6 is 0 Å². The maximum Gasteiger partial charge on any atom is 0.272 e. The summed E-state index contributed by atoms with van der Waals surface area (Å²) in [6.07, 6.45) is 2.03. The van der Waals surface area contributed by atoms with Gasteiger partial charge in [-0.1, -0.05) is 18.2 Å². The molecule has 2 aliphatic heterocycles. The van der Waals surface area contributed by atoms with Gasteiger partial charge in [0.05, 0.1) is 13.1 Å². The zero-order chi connectivity index (χ0) is 19.5. The summed E-state index contributed by atoms with van der Waals surface area (Å²) in [5.41, 5.74) is 8.65. The molecule has 0 bridgehead atoms. The molecule has 1 unspecified atom stereocenters. The highest BCUT2D eigenvalue weighted by Gasteiger charge is 2.23. The fraction of sp³-hybridized carbons (Fsp3) is 0.421. The molecule has 1 atom stereocenters. The number of benzene rings is 1. The predicted octanol–water partition coefficient (Wildman–Crippen LogP) is 1.13. The molecular formula is C19H26N8O. The molecule has 2 aromatic rings. The number of hydrogen-bond donors (Lipinski definition) is 5. The van der Waals surface area contributed by atoms with Gasteiger partial charge >= 0.3 is 0 Å². The van der Waals surface area contributed by atoms with Gasteiger partial charge in [-0.05, 0) is 24.5 Å². The topological polar surface area (TPSA) is 123 Å². The van der Waals surface area contributed by atoms with Crippen molar-refractivity contribution >= 4 is 29.2 Å². The van der Waals surface area contributed by atoms with Gasteiger partial charge in [0.2, 0.25) is 5.95 Å². The van der Waals surface area contributed by atoms with E-state index in [0.29, 0.717) is 30.5 Å². The molecule has 9 nitrogen and oxygen atoms in total. The van der Waals surface area contributed by atoms with Gasteiger partial charge in [-0.2, -0.15) is 4.98 Å². The molecule has 1 fully saturated rings. The van der Waals surface area contributed by atoms with Crippen LogP contribution < -0.4 is 26.6 Å². The Bertz CT molecular complexity index is 890. The first kappa shape index (κ1) is 18.3. The summed E-state index contributed by atoms with van der Waals surface area (Å²) in [4.78, 5) is 27.0. The molecule has 0 radical (unpaired) electrons. The molecule has 1 amide bonds. The van der Waals surface area contributed by atoms with Crippen molar-refractivity contribution in [1.29, 1.82) is 0 Å². The summed E-state index contributed by atoms with van der Waals surface area (Å²) in [5.74, 6) is 1.70. The van der Waals surface area contributed by atoms with Crippen molar-refractivity contribution in [2.45, 2.75) is 25.4 Å². The third-order valence-electron chi connectivity index (χ3n) is 5.07. The number of para-hydroxylation sites is 1. The maximum atomic E-state index is 12.7. The highest BCUT2D eigenvalue weighted by Crippen LogP contribution is 2.22. The predicted molar refractivity (Wildman–Crippen MR) is 111 cm³/mol. The number of imidazole rings is 1. The number of nitrogens with zero attached hydrogens (tertiary/aromatic N) is 3. The first-order valence-corrected chi connectivity index (χ1v) is 9.59. The highest BCUT2D eigenvalue weighted by molar-refractivity contribution is 6.03. The zero-order valence-corrected chi connectivity index (χ0v) is 16.0. The molecule has 28 heavy (non-hydrogen) atoms. The molecule has 0 spiro atoms. The number of piperidine rings is 1. The quantitative estimate of drug-likeness (QED) is 0.528. The number of anilines is 3. The minimum absolute atomic E-state index is 0.132. The van der Waals surface area contributed by atoms with Crippen LogP contribution in [0.25, 0.3) is 0 Å². The number of aliphatic imine (C=N–C) groups is 1. The molecule has 148 valence electrons. The van der Waals surface area contributed by atoms with E-state index in [4.69, 9.17) is 5.73 Å². The summed E-state index contributed by atoms with van der Waals surface area (Å²) in [5, 5.41) is 9.17. The van der Waals surface area contributed by atoms with E-state index in [1.54, 1.807) is 7.05 Å². The number of fused-ring (bicyclic) bond motifs is 1. The van der Waals surface area contributed by atoms with Gasteiger partial charge in [0, 0.05) is 31.9 Å². The number of nitrogens with one attached hydrogen (secondary N) is 4. The lowest BCUT2D eigenvalue weighted by atomic mass is 10.1. The summed E-state index contributed by atoms with van der Waals surface area (Å²) in [6.45, 7) is 2.54. The number of carbonyl (C=O) groups is 1. The second-order valence-electron chi connectivity index (χ2n) is 7.11. The van der Waals surface area contributed by atoms with Gasteiger partial charge in [0.1, 0.15) is 11.5 Å². The fourth-order valence-corrected chi connectivity index (χ4v) is 3.57. The fourth-order valence-electron chi connectivity index (χ4n) is 3.57. The van der Waals surface area contributed by atoms with E-state index < -0.39 is 0 Å². The van der Waals surface area contributed by atoms with Gasteiger partial charge in [-0.25, -0.2) is 0 Å². The minimum Gasteiger partial charge on any atom is -0.371 e. The number of amidine groups is 1. The lowest BCUT2D eigenvalue weighted by Gasteiger charge is -2.30. The number of aromatic amines is 1. The van der Waals surface area contributed by atoms with E-state index in [1.807, 2.05) is 24.3 Å². The van der Waals surface area contributed by atoms with Crippen LogP contribution in [0.4, 0.5) is 17.5 Å². The van der Waals surface area contributed by atoms with Crippen molar-refractivity contribution in [3.8, 4) is 0 Å². The largest absolute Gasteiger partial charge is 0.371 e. The lowest BCUT2D eigenvalue weighted by Crippen LogP contribution is -2.43. The van der Waals surface area contributed by atoms with Crippen LogP contribution in [0, 0.1) is 0 Å². The third kappa shape index (κ3) is 3.79. The van der Waals surface area contributed by atoms with Crippen molar-refractivity contribution in [3.63, 3.8) is 0 Å². The first-order chi connectivity index (χ1) is 13.6. The van der Waals surface area contributed by atoms with Crippen LogP contribution in [-0.4, -0.2) is 54.4 Å². The molecule has 0 saturated carbocycles. The van der Waals surface area contributed by atoms with E-state index in [1.165, 1.54) is 0 Å². The van der Waals surface area contributed by atoms with E-state index in [0.717, 1.165) is 43.0 Å². The Morgan fingerprint density at radius 2 is 2.25 bits per heavy atom. The zero-order valence-electron chi connectivity index (χ0n) is 16.0. The third-order valence-corrected chi connectivity index (χ3v) is 5.07. The van der Waals surface area contributed by atoms with Crippen molar-refractivity contribution in [2.24, 2.45) is 10.7 Å². The van der Waals surface area contributed by atoms with Gasteiger partial charge in [0.25, 0.3) is 5.91 Å². The number of hydrogen-bond acceptors (Lipinski definition) is 7. The summed E-state index contributed by atoms with van der Waals surface area (Å²) < 4.78 is 0. The number of nitrogens with two attached hydrogens (primary N) is 1. The van der Waals surface area contributed by atoms with Gasteiger partial charge in [-0.3, -0.25) is 9.79 Å². The second kappa shape index (κ2) is 7.89. The normalized spacial score (nSPS) is 18.7. The van der Waals surface area contributed by atoms with Crippen LogP contribution in [0.5, 0.6) is 0 Å². The molecule has 4 rings (SSSR count). The lowest BCUT2D eigenvalue weighted by molar-refractivity contribution is 0.0955. The Morgan fingerprint density at radius 1 is 1.39 bits per heavy atom. The molecule has 3 heterocycles. The average molecular weight is 382 g/mol. The van der Waals surface area contributed by atoms with Crippen LogP contribution in [0.2, 0.25) is 0 Å². The Labute approximate surface area is 163 Å². The molecule has 6 N–H and O–H groups in total. The Kier molecular flexibility index (Phi) is 5.16. The SMILES string of the molecule is CNc1nc(N2CCCC(N)C2)[nH]c1C(=O)NCC1=NCc2ccccc2N1. The Balaban J connectivity index is 1.41. The van der Waals surface area contributed by atoms with Crippen molar-refractivity contribution in [1.82, 2.24) is 15.3 Å². The molecule has 1 aromatic heterocycles. The van der Waals surface area contributed by atoms with Gasteiger partial charge < -0.3 is 31.6 Å². The number of carbonyl (C=O) groups excluding carboxylic acids is 1. The number of rotatable bonds is 5. The summed E-state index contributed by atoms with van der Waals surface area (Å²) in [7, 11) is 1.75. The Hall–Kier alpha value is -3.07. The first-order valence-electron chi connectivity index (χ1n) is 9.59. The van der Waals surface area contributed by atoms with Crippen LogP contribution in [0.1, 0.15) is 28.9 Å². The van der Waals surface area contributed by atoms with Crippen molar-refractivity contribution in [3.05, 3.63) is 35.5 Å². The van der Waals surface area contributed by atoms with Crippen LogP contribution in [0.3, 0.4) is 0 Å². The van der Waals surface area contributed by atoms with E-state index >= 15 is 0 Å². The molecule has 1 saturated heterocycles. The monoisotopic (exact) mass is 382 g/mol. The van der Waals surface area contributed by atoms with Crippen LogP contribution in [0.15, 0.2) is 29.3 Å². The minimum atomic E-state index is -0.229. The highest BCUT2D eigenvalue weighted by atomic mass is 16.1. The standard InChI is InChI=1S/C19H26N8O/c1-21-17-16(25-19(26-17)27-8-4-6-13(20)11-27)18(28)23-10-15-22-9-12-5-2-3-7-14(12)24-15/h2-3,5,7,13,21H,4,6,8-11,20H2,1H3,(H,22,24)(H,23,28)(H,25,26). The van der Waals surface area contributed by atoms with Gasteiger partial charge in [0.15, 0.2) is 5.82 Å². The van der Waals surface area contributed by atoms with Crippen LogP contribution in [-0.2, 0) is 6.54 Å². The molecule has 9 heteroatoms. The van der Waals surface area contributed by atoms with E-state index in [2.05, 4.69) is 35.8 Å². The van der Waals surface area contributed by atoms with E-state index in [-0.39, 0.29) is 11.9 Å². The molecular weight excluding hydrogens is 356 g/mol. The van der Waals surface area contributed by atoms with Crippen molar-refractivity contribution < 1.29 is 4.79 Å². The van der Waals surface area contributed by atoms with E-state index in [9.17, 15) is 4.79 Å². The second-order valence-corrected chi connectivity index (χ2v) is 7.11. The Morgan fingerprint density at radius 3 is 3.07 bits per heavy atom. The summed E-state index contributed by atoms with van der Waals surface area (Å²) in [6, 6.07) is 8.15. The molecule has 0 aliphatic carbocycles. The van der Waals surface area contributed by atoms with Crippen molar-refractivity contribution in [2.75, 3.05) is 42.2 Å². The maximum absolute atomic E-state index is 12.7.